The Morgan fingerprint density at radius 2 is 2.14 bits per heavy atom. The summed E-state index contributed by atoms with van der Waals surface area (Å²) < 4.78 is 5.44. The average molecular weight is 416 g/mol. The van der Waals surface area contributed by atoms with E-state index in [0.717, 1.165) is 30.5 Å². The van der Waals surface area contributed by atoms with Crippen molar-refractivity contribution >= 4 is 56.4 Å². The first-order chi connectivity index (χ1) is 13.4. The van der Waals surface area contributed by atoms with Gasteiger partial charge < -0.3 is 15.8 Å². The molecule has 4 rings (SSSR count). The predicted molar refractivity (Wildman–Crippen MR) is 111 cm³/mol. The summed E-state index contributed by atoms with van der Waals surface area (Å²) in [7, 11) is 0. The Morgan fingerprint density at radius 3 is 2.89 bits per heavy atom. The number of nitrogens with zero attached hydrogens (tertiary/aromatic N) is 1. The molecule has 1 atom stereocenters. The number of hydrogen-bond acceptors (Lipinski definition) is 6. The first-order valence-corrected chi connectivity index (χ1v) is 10.1. The summed E-state index contributed by atoms with van der Waals surface area (Å²) in [5, 5.41) is 3.95. The predicted octanol–water partition coefficient (Wildman–Crippen LogP) is 4.72. The van der Waals surface area contributed by atoms with Gasteiger partial charge in [-0.05, 0) is 37.5 Å². The fourth-order valence-corrected chi connectivity index (χ4v) is 4.59. The van der Waals surface area contributed by atoms with E-state index >= 15 is 0 Å². The van der Waals surface area contributed by atoms with Crippen LogP contribution in [0.25, 0.3) is 10.2 Å². The second-order valence-corrected chi connectivity index (χ2v) is 8.05. The molecule has 3 aromatic rings. The van der Waals surface area contributed by atoms with Gasteiger partial charge >= 0.3 is 5.97 Å². The molecule has 2 heterocycles. The Labute approximate surface area is 170 Å². The van der Waals surface area contributed by atoms with Crippen molar-refractivity contribution in [3.05, 3.63) is 51.5 Å². The number of rotatable bonds is 3. The van der Waals surface area contributed by atoms with Crippen molar-refractivity contribution in [1.29, 1.82) is 0 Å². The van der Waals surface area contributed by atoms with Crippen LogP contribution in [0.4, 0.5) is 11.4 Å². The largest absolute Gasteiger partial charge is 0.458 e. The van der Waals surface area contributed by atoms with E-state index in [2.05, 4.69) is 5.32 Å². The smallest absolute Gasteiger partial charge is 0.303 e. The normalized spacial score (nSPS) is 15.9. The fourth-order valence-electron chi connectivity index (χ4n) is 3.42. The zero-order valence-corrected chi connectivity index (χ0v) is 16.7. The summed E-state index contributed by atoms with van der Waals surface area (Å²) in [5.74, 6) is -0.654. The van der Waals surface area contributed by atoms with Crippen molar-refractivity contribution in [3.63, 3.8) is 0 Å². The van der Waals surface area contributed by atoms with Crippen molar-refractivity contribution in [2.45, 2.75) is 32.3 Å². The zero-order chi connectivity index (χ0) is 19.8. The van der Waals surface area contributed by atoms with E-state index in [1.54, 1.807) is 24.3 Å². The van der Waals surface area contributed by atoms with Crippen molar-refractivity contribution in [2.24, 2.45) is 0 Å². The molecule has 2 aromatic heterocycles. The van der Waals surface area contributed by atoms with E-state index in [0.29, 0.717) is 31.5 Å². The lowest BCUT2D eigenvalue weighted by molar-refractivity contribution is -0.147. The van der Waals surface area contributed by atoms with Gasteiger partial charge in [0.1, 0.15) is 15.8 Å². The number of aromatic nitrogens is 1. The van der Waals surface area contributed by atoms with Crippen LogP contribution in [0, 0.1) is 0 Å². The number of thiophene rings is 1. The number of pyridine rings is 1. The van der Waals surface area contributed by atoms with Gasteiger partial charge in [0, 0.05) is 23.6 Å². The molecule has 0 saturated heterocycles. The van der Waals surface area contributed by atoms with E-state index in [9.17, 15) is 9.59 Å². The molecular formula is C20H18ClN3O3S. The Hall–Kier alpha value is -2.64. The van der Waals surface area contributed by atoms with Crippen LogP contribution in [0.3, 0.4) is 0 Å². The van der Waals surface area contributed by atoms with Gasteiger partial charge in [0.2, 0.25) is 0 Å². The Morgan fingerprint density at radius 1 is 1.36 bits per heavy atom. The van der Waals surface area contributed by atoms with E-state index in [1.165, 1.54) is 18.3 Å². The molecule has 28 heavy (non-hydrogen) atoms. The molecule has 0 spiro atoms. The molecule has 1 amide bonds. The molecule has 1 aliphatic carbocycles. The van der Waals surface area contributed by atoms with Gasteiger partial charge in [-0.1, -0.05) is 23.7 Å². The fraction of sp³-hybridized carbons (Fsp3) is 0.250. The van der Waals surface area contributed by atoms with Gasteiger partial charge in [0.25, 0.3) is 5.91 Å². The number of nitrogens with two attached hydrogens (primary N) is 1. The number of amides is 1. The van der Waals surface area contributed by atoms with Crippen molar-refractivity contribution in [3.8, 4) is 0 Å². The molecular weight excluding hydrogens is 398 g/mol. The lowest BCUT2D eigenvalue weighted by atomic mass is 9.92. The number of hydrogen-bond donors (Lipinski definition) is 2. The number of aryl methyl sites for hydroxylation is 1. The minimum atomic E-state index is -0.330. The summed E-state index contributed by atoms with van der Waals surface area (Å²) in [6, 6.07) is 8.92. The Kier molecular flexibility index (Phi) is 4.95. The highest BCUT2D eigenvalue weighted by Crippen LogP contribution is 2.39. The molecule has 1 aliphatic rings. The number of anilines is 2. The maximum absolute atomic E-state index is 12.8. The van der Waals surface area contributed by atoms with Crippen LogP contribution in [0.1, 0.15) is 46.8 Å². The minimum Gasteiger partial charge on any atom is -0.458 e. The van der Waals surface area contributed by atoms with Crippen molar-refractivity contribution < 1.29 is 14.3 Å². The number of para-hydroxylation sites is 1. The average Bonchev–Trinajstić information content (AvgIpc) is 2.98. The summed E-state index contributed by atoms with van der Waals surface area (Å²) in [6.45, 7) is 1.40. The number of carbonyl (C=O) groups is 2. The maximum Gasteiger partial charge on any atom is 0.303 e. The lowest BCUT2D eigenvalue weighted by Crippen LogP contribution is -2.16. The molecule has 0 aliphatic heterocycles. The number of benzene rings is 1. The monoisotopic (exact) mass is 415 g/mol. The van der Waals surface area contributed by atoms with E-state index < -0.39 is 0 Å². The van der Waals surface area contributed by atoms with Crippen molar-refractivity contribution in [1.82, 2.24) is 4.98 Å². The van der Waals surface area contributed by atoms with Gasteiger partial charge in [0.15, 0.2) is 0 Å². The summed E-state index contributed by atoms with van der Waals surface area (Å²) >= 11 is 7.37. The second-order valence-electron chi connectivity index (χ2n) is 6.65. The highest BCUT2D eigenvalue weighted by atomic mass is 35.5. The zero-order valence-electron chi connectivity index (χ0n) is 15.1. The summed E-state index contributed by atoms with van der Waals surface area (Å²) in [6.07, 6.45) is 2.13. The number of fused-ring (bicyclic) bond motifs is 2. The van der Waals surface area contributed by atoms with Crippen LogP contribution in [0.5, 0.6) is 0 Å². The number of esters is 1. The van der Waals surface area contributed by atoms with Crippen LogP contribution in [0.15, 0.2) is 30.3 Å². The highest BCUT2D eigenvalue weighted by Gasteiger charge is 2.27. The van der Waals surface area contributed by atoms with Gasteiger partial charge in [0.05, 0.1) is 16.4 Å². The summed E-state index contributed by atoms with van der Waals surface area (Å²) in [4.78, 5) is 30.0. The third-order valence-electron chi connectivity index (χ3n) is 4.70. The molecule has 8 heteroatoms. The standard InChI is InChI=1S/C20H18ClN3O3S/c1-10(25)27-16-8-4-7-14-11(16)9-12-17(22)18(28-20(12)24-14)19(26)23-15-6-3-2-5-13(15)21/h2-3,5-6,9,16H,4,7-8,22H2,1H3,(H,23,26). The van der Waals surface area contributed by atoms with Gasteiger partial charge in [-0.3, -0.25) is 9.59 Å². The Balaban J connectivity index is 1.72. The molecule has 3 N–H and O–H groups in total. The molecule has 1 aromatic carbocycles. The molecule has 0 radical (unpaired) electrons. The first-order valence-electron chi connectivity index (χ1n) is 8.89. The SMILES string of the molecule is CC(=O)OC1CCCc2nc3sc(C(=O)Nc4ccccc4Cl)c(N)c3cc21. The van der Waals surface area contributed by atoms with Crippen LogP contribution in [0.2, 0.25) is 5.02 Å². The lowest BCUT2D eigenvalue weighted by Gasteiger charge is -2.24. The third kappa shape index (κ3) is 3.43. The number of halogens is 1. The maximum atomic E-state index is 12.8. The van der Waals surface area contributed by atoms with E-state index in [-0.39, 0.29) is 18.0 Å². The topological polar surface area (TPSA) is 94.3 Å². The van der Waals surface area contributed by atoms with Gasteiger partial charge in [-0.2, -0.15) is 0 Å². The molecule has 6 nitrogen and oxygen atoms in total. The molecule has 0 bridgehead atoms. The van der Waals surface area contributed by atoms with E-state index in [1.807, 2.05) is 6.07 Å². The second kappa shape index (κ2) is 7.41. The quantitative estimate of drug-likeness (QED) is 0.603. The molecule has 1 unspecified atom stereocenters. The van der Waals surface area contributed by atoms with Crippen LogP contribution < -0.4 is 11.1 Å². The van der Waals surface area contributed by atoms with Gasteiger partial charge in [-0.25, -0.2) is 4.98 Å². The van der Waals surface area contributed by atoms with Crippen LogP contribution >= 0.6 is 22.9 Å². The molecule has 144 valence electrons. The first kappa shape index (κ1) is 18.7. The third-order valence-corrected chi connectivity index (χ3v) is 6.14. The Bertz CT molecular complexity index is 1100. The molecule has 0 saturated carbocycles. The number of carbonyl (C=O) groups excluding carboxylic acids is 2. The minimum absolute atomic E-state index is 0.321. The summed E-state index contributed by atoms with van der Waals surface area (Å²) in [5.41, 5.74) is 8.93. The van der Waals surface area contributed by atoms with Crippen LogP contribution in [-0.2, 0) is 16.0 Å². The van der Waals surface area contributed by atoms with Gasteiger partial charge in [-0.15, -0.1) is 11.3 Å². The number of nitrogen functional groups attached to an aromatic ring is 1. The van der Waals surface area contributed by atoms with Crippen molar-refractivity contribution in [2.75, 3.05) is 11.1 Å². The van der Waals surface area contributed by atoms with E-state index in [4.69, 9.17) is 27.1 Å². The number of ether oxygens (including phenoxy) is 1. The molecule has 0 fully saturated rings. The number of nitrogens with one attached hydrogen (secondary N) is 1. The van der Waals surface area contributed by atoms with Crippen LogP contribution in [-0.4, -0.2) is 16.9 Å². The highest BCUT2D eigenvalue weighted by molar-refractivity contribution is 7.21.